The second kappa shape index (κ2) is 5.10. The van der Waals surface area contributed by atoms with E-state index in [0.29, 0.717) is 11.5 Å². The number of H-pyrrole nitrogens is 1. The zero-order valence-electron chi connectivity index (χ0n) is 10.8. The van der Waals surface area contributed by atoms with Crippen molar-refractivity contribution in [2.75, 3.05) is 0 Å². The molecule has 8 nitrogen and oxygen atoms in total. The van der Waals surface area contributed by atoms with Crippen LogP contribution in [0, 0.1) is 13.8 Å². The first-order chi connectivity index (χ1) is 9.31. The number of rotatable bonds is 5. The fourth-order valence-corrected chi connectivity index (χ4v) is 3.02. The molecule has 2 rings (SSSR count). The van der Waals surface area contributed by atoms with Crippen molar-refractivity contribution in [3.05, 3.63) is 35.0 Å². The SMILES string of the molecule is Cc1ccc(CNS(=O)(=O)c2c(C(=O)O)n[nH]c2C)o1. The van der Waals surface area contributed by atoms with Gasteiger partial charge in [-0.05, 0) is 26.0 Å². The van der Waals surface area contributed by atoms with Crippen LogP contribution < -0.4 is 4.72 Å². The highest BCUT2D eigenvalue weighted by molar-refractivity contribution is 7.89. The number of carboxylic acids is 1. The Hall–Kier alpha value is -2.13. The Balaban J connectivity index is 2.27. The van der Waals surface area contributed by atoms with Crippen molar-refractivity contribution in [1.82, 2.24) is 14.9 Å². The second-order valence-corrected chi connectivity index (χ2v) is 5.87. The first kappa shape index (κ1) is 14.3. The molecule has 0 aliphatic rings. The van der Waals surface area contributed by atoms with E-state index in [4.69, 9.17) is 9.52 Å². The lowest BCUT2D eigenvalue weighted by Gasteiger charge is -2.05. The largest absolute Gasteiger partial charge is 0.476 e. The minimum atomic E-state index is -4.00. The topological polar surface area (TPSA) is 125 Å². The van der Waals surface area contributed by atoms with Gasteiger partial charge in [0.2, 0.25) is 10.0 Å². The predicted molar refractivity (Wildman–Crippen MR) is 67.8 cm³/mol. The van der Waals surface area contributed by atoms with E-state index in [0.717, 1.165) is 0 Å². The number of nitrogens with one attached hydrogen (secondary N) is 2. The number of aryl methyl sites for hydroxylation is 2. The molecule has 2 heterocycles. The van der Waals surface area contributed by atoms with Crippen LogP contribution in [-0.2, 0) is 16.6 Å². The molecule has 0 aliphatic heterocycles. The van der Waals surface area contributed by atoms with E-state index in [1.165, 1.54) is 6.92 Å². The van der Waals surface area contributed by atoms with Crippen LogP contribution in [0.3, 0.4) is 0 Å². The van der Waals surface area contributed by atoms with Gasteiger partial charge in [-0.25, -0.2) is 17.9 Å². The minimum Gasteiger partial charge on any atom is -0.476 e. The number of aromatic amines is 1. The number of nitrogens with zero attached hydrogens (tertiary/aromatic N) is 1. The van der Waals surface area contributed by atoms with Crippen LogP contribution in [0.25, 0.3) is 0 Å². The Morgan fingerprint density at radius 2 is 2.15 bits per heavy atom. The number of aromatic carboxylic acids is 1. The highest BCUT2D eigenvalue weighted by Crippen LogP contribution is 2.18. The number of hydrogen-bond donors (Lipinski definition) is 3. The van der Waals surface area contributed by atoms with Crippen molar-refractivity contribution >= 4 is 16.0 Å². The molecule has 9 heteroatoms. The molecule has 0 aromatic carbocycles. The molecule has 0 atom stereocenters. The summed E-state index contributed by atoms with van der Waals surface area (Å²) in [5.41, 5.74) is -0.379. The molecule has 0 radical (unpaired) electrons. The molecule has 0 bridgehead atoms. The van der Waals surface area contributed by atoms with Gasteiger partial charge in [-0.2, -0.15) is 5.10 Å². The van der Waals surface area contributed by atoms with Gasteiger partial charge in [0.1, 0.15) is 16.4 Å². The van der Waals surface area contributed by atoms with Crippen LogP contribution in [0.2, 0.25) is 0 Å². The van der Waals surface area contributed by atoms with E-state index >= 15 is 0 Å². The summed E-state index contributed by atoms with van der Waals surface area (Å²) in [5, 5.41) is 14.8. The molecule has 0 saturated heterocycles. The Bertz CT molecular complexity index is 744. The first-order valence-corrected chi connectivity index (χ1v) is 7.13. The third-order valence-electron chi connectivity index (χ3n) is 2.59. The van der Waals surface area contributed by atoms with Gasteiger partial charge >= 0.3 is 5.97 Å². The van der Waals surface area contributed by atoms with Crippen LogP contribution in [-0.4, -0.2) is 29.7 Å². The van der Waals surface area contributed by atoms with Gasteiger partial charge in [0, 0.05) is 0 Å². The lowest BCUT2D eigenvalue weighted by molar-refractivity contribution is 0.0686. The normalized spacial score (nSPS) is 11.7. The van der Waals surface area contributed by atoms with E-state index in [2.05, 4.69) is 14.9 Å². The standard InChI is InChI=1S/C11H13N3O5S/c1-6-3-4-8(19-6)5-12-20(17,18)10-7(2)13-14-9(10)11(15)16/h3-4,12H,5H2,1-2H3,(H,13,14)(H,15,16). The molecule has 0 amide bonds. The van der Waals surface area contributed by atoms with Crippen LogP contribution in [0.5, 0.6) is 0 Å². The lowest BCUT2D eigenvalue weighted by atomic mass is 10.4. The summed E-state index contributed by atoms with van der Waals surface area (Å²) in [7, 11) is -4.00. The van der Waals surface area contributed by atoms with E-state index in [1.807, 2.05) is 0 Å². The van der Waals surface area contributed by atoms with E-state index in [1.54, 1.807) is 19.1 Å². The molecule has 0 unspecified atom stereocenters. The van der Waals surface area contributed by atoms with Crippen molar-refractivity contribution in [2.24, 2.45) is 0 Å². The number of sulfonamides is 1. The Morgan fingerprint density at radius 1 is 1.45 bits per heavy atom. The zero-order valence-corrected chi connectivity index (χ0v) is 11.6. The molecule has 108 valence electrons. The first-order valence-electron chi connectivity index (χ1n) is 5.64. The fraction of sp³-hybridized carbons (Fsp3) is 0.273. The quantitative estimate of drug-likeness (QED) is 0.749. The summed E-state index contributed by atoms with van der Waals surface area (Å²) < 4.78 is 31.8. The summed E-state index contributed by atoms with van der Waals surface area (Å²) >= 11 is 0. The zero-order chi connectivity index (χ0) is 14.9. The van der Waals surface area contributed by atoms with Crippen molar-refractivity contribution in [1.29, 1.82) is 0 Å². The summed E-state index contributed by atoms with van der Waals surface area (Å²) in [6.07, 6.45) is 0. The molecule has 3 N–H and O–H groups in total. The summed E-state index contributed by atoms with van der Waals surface area (Å²) in [6.45, 7) is 3.10. The van der Waals surface area contributed by atoms with Crippen molar-refractivity contribution in [2.45, 2.75) is 25.3 Å². The smallest absolute Gasteiger partial charge is 0.357 e. The number of aromatic nitrogens is 2. The van der Waals surface area contributed by atoms with Crippen molar-refractivity contribution < 1.29 is 22.7 Å². The fourth-order valence-electron chi connectivity index (χ4n) is 1.71. The van der Waals surface area contributed by atoms with E-state index in [9.17, 15) is 13.2 Å². The van der Waals surface area contributed by atoms with E-state index < -0.39 is 21.7 Å². The molecular weight excluding hydrogens is 286 g/mol. The average molecular weight is 299 g/mol. The third kappa shape index (κ3) is 2.73. The molecule has 0 aliphatic carbocycles. The lowest BCUT2D eigenvalue weighted by Crippen LogP contribution is -2.25. The maximum atomic E-state index is 12.1. The van der Waals surface area contributed by atoms with Crippen LogP contribution in [0.1, 0.15) is 27.7 Å². The second-order valence-electron chi connectivity index (χ2n) is 4.17. The minimum absolute atomic E-state index is 0.0696. The summed E-state index contributed by atoms with van der Waals surface area (Å²) in [5.74, 6) is -0.322. The maximum Gasteiger partial charge on any atom is 0.357 e. The third-order valence-corrected chi connectivity index (χ3v) is 4.16. The van der Waals surface area contributed by atoms with Crippen molar-refractivity contribution in [3.8, 4) is 0 Å². The Morgan fingerprint density at radius 3 is 2.70 bits per heavy atom. The molecular formula is C11H13N3O5S. The number of carboxylic acid groups (broad SMARTS) is 1. The van der Waals surface area contributed by atoms with Gasteiger partial charge in [-0.3, -0.25) is 5.10 Å². The molecule has 0 saturated carbocycles. The van der Waals surface area contributed by atoms with Crippen molar-refractivity contribution in [3.63, 3.8) is 0 Å². The highest BCUT2D eigenvalue weighted by atomic mass is 32.2. The van der Waals surface area contributed by atoms with Gasteiger partial charge in [0.25, 0.3) is 0 Å². The molecule has 20 heavy (non-hydrogen) atoms. The van der Waals surface area contributed by atoms with Crippen LogP contribution in [0.4, 0.5) is 0 Å². The highest BCUT2D eigenvalue weighted by Gasteiger charge is 2.28. The molecule has 0 spiro atoms. The molecule has 0 fully saturated rings. The molecule has 2 aromatic heterocycles. The number of hydrogen-bond acceptors (Lipinski definition) is 5. The van der Waals surface area contributed by atoms with Gasteiger partial charge in [0.15, 0.2) is 5.69 Å². The predicted octanol–water partition coefficient (Wildman–Crippen LogP) is 0.796. The average Bonchev–Trinajstić information content (AvgIpc) is 2.93. The monoisotopic (exact) mass is 299 g/mol. The molecule has 2 aromatic rings. The van der Waals surface area contributed by atoms with Crippen LogP contribution >= 0.6 is 0 Å². The summed E-state index contributed by atoms with van der Waals surface area (Å²) in [6, 6.07) is 3.34. The van der Waals surface area contributed by atoms with Gasteiger partial charge < -0.3 is 9.52 Å². The number of furan rings is 1. The van der Waals surface area contributed by atoms with Crippen LogP contribution in [0.15, 0.2) is 21.4 Å². The van der Waals surface area contributed by atoms with Gasteiger partial charge in [-0.1, -0.05) is 0 Å². The van der Waals surface area contributed by atoms with Gasteiger partial charge in [-0.15, -0.1) is 0 Å². The van der Waals surface area contributed by atoms with E-state index in [-0.39, 0.29) is 17.1 Å². The Labute approximate surface area is 114 Å². The number of carbonyl (C=O) groups is 1. The van der Waals surface area contributed by atoms with Gasteiger partial charge in [0.05, 0.1) is 12.2 Å². The summed E-state index contributed by atoms with van der Waals surface area (Å²) in [4.78, 5) is 10.6. The Kier molecular flexibility index (Phi) is 3.64. The maximum absolute atomic E-state index is 12.1.